The van der Waals surface area contributed by atoms with E-state index in [1.807, 2.05) is 30.7 Å². The van der Waals surface area contributed by atoms with Gasteiger partial charge in [0.2, 0.25) is 5.91 Å². The van der Waals surface area contributed by atoms with Gasteiger partial charge in [0.15, 0.2) is 0 Å². The molecule has 4 heteroatoms. The van der Waals surface area contributed by atoms with Crippen molar-refractivity contribution in [1.29, 1.82) is 0 Å². The number of nitrogens with one attached hydrogen (secondary N) is 1. The molecule has 0 saturated carbocycles. The standard InChI is InChI=1S/C17H21N3O/c1-12(2)15-5-3-4-6-16(15)19-17(21)13-7-8-20-11-18-10-14(20)9-13/h3-6,10-13H,7-9H2,1-2H3,(H,19,21). The van der Waals surface area contributed by atoms with Crippen molar-refractivity contribution in [3.63, 3.8) is 0 Å². The van der Waals surface area contributed by atoms with Crippen molar-refractivity contribution < 1.29 is 4.79 Å². The summed E-state index contributed by atoms with van der Waals surface area (Å²) in [5.74, 6) is 0.555. The maximum Gasteiger partial charge on any atom is 0.227 e. The lowest BCUT2D eigenvalue weighted by atomic mass is 9.94. The SMILES string of the molecule is CC(C)c1ccccc1NC(=O)C1CCn2cncc2C1. The number of hydrogen-bond donors (Lipinski definition) is 1. The van der Waals surface area contributed by atoms with Crippen LogP contribution in [-0.4, -0.2) is 15.5 Å². The third-order valence-electron chi connectivity index (χ3n) is 4.18. The summed E-state index contributed by atoms with van der Waals surface area (Å²) in [6.07, 6.45) is 5.35. The molecule has 0 saturated heterocycles. The average Bonchev–Trinajstić information content (AvgIpc) is 2.94. The van der Waals surface area contributed by atoms with Gasteiger partial charge in [-0.05, 0) is 24.0 Å². The summed E-state index contributed by atoms with van der Waals surface area (Å²) in [6, 6.07) is 8.05. The molecule has 1 N–H and O–H groups in total. The Hall–Kier alpha value is -2.10. The summed E-state index contributed by atoms with van der Waals surface area (Å²) in [5.41, 5.74) is 3.28. The second kappa shape index (κ2) is 5.72. The average molecular weight is 283 g/mol. The van der Waals surface area contributed by atoms with Crippen LogP contribution in [0.3, 0.4) is 0 Å². The molecule has 1 aromatic carbocycles. The lowest BCUT2D eigenvalue weighted by Gasteiger charge is -2.24. The van der Waals surface area contributed by atoms with Crippen LogP contribution in [0.4, 0.5) is 5.69 Å². The first-order chi connectivity index (χ1) is 10.1. The van der Waals surface area contributed by atoms with Crippen LogP contribution in [0, 0.1) is 5.92 Å². The third-order valence-corrected chi connectivity index (χ3v) is 4.18. The number of imidazole rings is 1. The van der Waals surface area contributed by atoms with E-state index in [1.165, 1.54) is 5.56 Å². The normalized spacial score (nSPS) is 17.6. The second-order valence-corrected chi connectivity index (χ2v) is 6.00. The summed E-state index contributed by atoms with van der Waals surface area (Å²) in [5, 5.41) is 3.12. The van der Waals surface area contributed by atoms with E-state index in [-0.39, 0.29) is 11.8 Å². The molecule has 21 heavy (non-hydrogen) atoms. The summed E-state index contributed by atoms with van der Waals surface area (Å²) < 4.78 is 2.13. The van der Waals surface area contributed by atoms with Crippen LogP contribution in [-0.2, 0) is 17.8 Å². The van der Waals surface area contributed by atoms with Gasteiger partial charge in [0.05, 0.1) is 6.33 Å². The number of amides is 1. The van der Waals surface area contributed by atoms with Crippen molar-refractivity contribution >= 4 is 11.6 Å². The molecule has 110 valence electrons. The summed E-state index contributed by atoms with van der Waals surface area (Å²) in [4.78, 5) is 16.7. The Kier molecular flexibility index (Phi) is 3.78. The smallest absolute Gasteiger partial charge is 0.227 e. The fraction of sp³-hybridized carbons (Fsp3) is 0.412. The number of hydrogen-bond acceptors (Lipinski definition) is 2. The van der Waals surface area contributed by atoms with Gasteiger partial charge in [-0.25, -0.2) is 4.98 Å². The number of carbonyl (C=O) groups excluding carboxylic acids is 1. The highest BCUT2D eigenvalue weighted by molar-refractivity contribution is 5.93. The van der Waals surface area contributed by atoms with Gasteiger partial charge in [-0.1, -0.05) is 32.0 Å². The van der Waals surface area contributed by atoms with Crippen molar-refractivity contribution in [3.8, 4) is 0 Å². The highest BCUT2D eigenvalue weighted by atomic mass is 16.1. The molecular weight excluding hydrogens is 262 g/mol. The Morgan fingerprint density at radius 2 is 2.19 bits per heavy atom. The van der Waals surface area contributed by atoms with Crippen LogP contribution in [0.1, 0.15) is 37.4 Å². The van der Waals surface area contributed by atoms with Crippen LogP contribution in [0.25, 0.3) is 0 Å². The summed E-state index contributed by atoms with van der Waals surface area (Å²) in [6.45, 7) is 5.16. The van der Waals surface area contributed by atoms with E-state index >= 15 is 0 Å². The molecule has 3 rings (SSSR count). The van der Waals surface area contributed by atoms with Crippen LogP contribution in [0.2, 0.25) is 0 Å². The molecule has 0 aliphatic carbocycles. The maximum atomic E-state index is 12.5. The molecule has 4 nitrogen and oxygen atoms in total. The zero-order valence-corrected chi connectivity index (χ0v) is 12.5. The first kappa shape index (κ1) is 13.9. The second-order valence-electron chi connectivity index (χ2n) is 6.00. The highest BCUT2D eigenvalue weighted by Crippen LogP contribution is 2.26. The van der Waals surface area contributed by atoms with Gasteiger partial charge in [-0.3, -0.25) is 4.79 Å². The quantitative estimate of drug-likeness (QED) is 0.940. The zero-order chi connectivity index (χ0) is 14.8. The largest absolute Gasteiger partial charge is 0.335 e. The Morgan fingerprint density at radius 1 is 1.38 bits per heavy atom. The van der Waals surface area contributed by atoms with Crippen molar-refractivity contribution in [2.75, 3.05) is 5.32 Å². The Bertz CT molecular complexity index is 645. The van der Waals surface area contributed by atoms with E-state index in [9.17, 15) is 4.79 Å². The minimum Gasteiger partial charge on any atom is -0.335 e. The topological polar surface area (TPSA) is 46.9 Å². The molecular formula is C17H21N3O. The van der Waals surface area contributed by atoms with E-state index in [4.69, 9.17) is 0 Å². The lowest BCUT2D eigenvalue weighted by molar-refractivity contribution is -0.120. The fourth-order valence-electron chi connectivity index (χ4n) is 2.94. The van der Waals surface area contributed by atoms with E-state index in [1.54, 1.807) is 0 Å². The predicted octanol–water partition coefficient (Wildman–Crippen LogP) is 3.21. The Balaban J connectivity index is 1.73. The highest BCUT2D eigenvalue weighted by Gasteiger charge is 2.25. The third kappa shape index (κ3) is 2.84. The minimum atomic E-state index is 0.0365. The number of benzene rings is 1. The molecule has 1 atom stereocenters. The van der Waals surface area contributed by atoms with Crippen molar-refractivity contribution in [2.24, 2.45) is 5.92 Å². The number of fused-ring (bicyclic) bond motifs is 1. The van der Waals surface area contributed by atoms with Crippen molar-refractivity contribution in [3.05, 3.63) is 48.0 Å². The number of aromatic nitrogens is 2. The monoisotopic (exact) mass is 283 g/mol. The maximum absolute atomic E-state index is 12.5. The molecule has 0 radical (unpaired) electrons. The van der Waals surface area contributed by atoms with Gasteiger partial charge in [0.25, 0.3) is 0 Å². The van der Waals surface area contributed by atoms with Gasteiger partial charge in [0.1, 0.15) is 0 Å². The summed E-state index contributed by atoms with van der Waals surface area (Å²) in [7, 11) is 0. The first-order valence-corrected chi connectivity index (χ1v) is 7.54. The zero-order valence-electron chi connectivity index (χ0n) is 12.5. The van der Waals surface area contributed by atoms with Crippen LogP contribution in [0.5, 0.6) is 0 Å². The molecule has 2 heterocycles. The van der Waals surface area contributed by atoms with E-state index in [0.717, 1.165) is 30.8 Å². The Labute approximate surface area is 125 Å². The molecule has 1 aliphatic heterocycles. The molecule has 0 spiro atoms. The predicted molar refractivity (Wildman–Crippen MR) is 83.2 cm³/mol. The van der Waals surface area contributed by atoms with Crippen molar-refractivity contribution in [1.82, 2.24) is 9.55 Å². The first-order valence-electron chi connectivity index (χ1n) is 7.54. The van der Waals surface area contributed by atoms with Gasteiger partial charge < -0.3 is 9.88 Å². The van der Waals surface area contributed by atoms with Crippen LogP contribution in [0.15, 0.2) is 36.8 Å². The molecule has 1 aliphatic rings. The molecule has 1 aromatic heterocycles. The van der Waals surface area contributed by atoms with Crippen molar-refractivity contribution in [2.45, 2.75) is 39.2 Å². The molecule has 0 bridgehead atoms. The van der Waals surface area contributed by atoms with E-state index in [2.05, 4.69) is 34.8 Å². The number of nitrogens with zero attached hydrogens (tertiary/aromatic N) is 2. The molecule has 1 amide bonds. The Morgan fingerprint density at radius 3 is 3.00 bits per heavy atom. The van der Waals surface area contributed by atoms with Crippen LogP contribution >= 0.6 is 0 Å². The number of para-hydroxylation sites is 1. The molecule has 1 unspecified atom stereocenters. The number of rotatable bonds is 3. The number of carbonyl (C=O) groups is 1. The molecule has 2 aromatic rings. The van der Waals surface area contributed by atoms with E-state index in [0.29, 0.717) is 5.92 Å². The van der Waals surface area contributed by atoms with E-state index < -0.39 is 0 Å². The minimum absolute atomic E-state index is 0.0365. The van der Waals surface area contributed by atoms with Gasteiger partial charge in [0, 0.05) is 36.5 Å². The van der Waals surface area contributed by atoms with Gasteiger partial charge in [-0.15, -0.1) is 0 Å². The summed E-state index contributed by atoms with van der Waals surface area (Å²) >= 11 is 0. The van der Waals surface area contributed by atoms with Gasteiger partial charge >= 0.3 is 0 Å². The fourth-order valence-corrected chi connectivity index (χ4v) is 2.94. The van der Waals surface area contributed by atoms with Gasteiger partial charge in [-0.2, -0.15) is 0 Å². The lowest BCUT2D eigenvalue weighted by Crippen LogP contribution is -2.30. The number of anilines is 1. The number of aryl methyl sites for hydroxylation is 1. The van der Waals surface area contributed by atoms with Crippen LogP contribution < -0.4 is 5.32 Å². The molecule has 0 fully saturated rings.